The number of nitrogens with zero attached hydrogens (tertiary/aromatic N) is 2. The van der Waals surface area contributed by atoms with Crippen molar-refractivity contribution >= 4 is 39.1 Å². The van der Waals surface area contributed by atoms with Crippen molar-refractivity contribution < 1.29 is 13.2 Å². The quantitative estimate of drug-likeness (QED) is 0.785. The largest absolute Gasteiger partial charge is 0.342 e. The van der Waals surface area contributed by atoms with Gasteiger partial charge < -0.3 is 9.88 Å². The molecule has 0 radical (unpaired) electrons. The number of amides is 1. The molecule has 6 nitrogen and oxygen atoms in total. The van der Waals surface area contributed by atoms with Crippen LogP contribution in [0.2, 0.25) is 0 Å². The second-order valence-corrected chi connectivity index (χ2v) is 9.20. The zero-order valence-corrected chi connectivity index (χ0v) is 16.3. The molecule has 3 rings (SSSR count). The molecule has 1 saturated heterocycles. The summed E-state index contributed by atoms with van der Waals surface area (Å²) < 4.78 is 27.3. The molecule has 1 atom stereocenters. The maximum atomic E-state index is 12.7. The molecular formula is C18H23N3O3S2. The number of carbonyl (C=O) groups is 1. The van der Waals surface area contributed by atoms with E-state index in [1.807, 2.05) is 35.3 Å². The van der Waals surface area contributed by atoms with Gasteiger partial charge in [-0.25, -0.2) is 8.42 Å². The Balaban J connectivity index is 1.70. The average molecular weight is 394 g/mol. The van der Waals surface area contributed by atoms with Crippen LogP contribution in [-0.2, 0) is 14.8 Å². The van der Waals surface area contributed by atoms with Crippen LogP contribution in [0.4, 0.5) is 11.4 Å². The van der Waals surface area contributed by atoms with Crippen LogP contribution in [0.1, 0.15) is 18.9 Å². The van der Waals surface area contributed by atoms with E-state index in [4.69, 9.17) is 0 Å². The zero-order valence-electron chi connectivity index (χ0n) is 14.7. The van der Waals surface area contributed by atoms with Gasteiger partial charge in [0, 0.05) is 24.6 Å². The summed E-state index contributed by atoms with van der Waals surface area (Å²) in [6.45, 7) is 0.512. The van der Waals surface area contributed by atoms with Gasteiger partial charge in [-0.2, -0.15) is 11.8 Å². The SMILES string of the molecule is CSCCC(C(=O)Nc1ccc(N2CCCS2(=O)=O)cc1)n1cccc1. The molecule has 0 bridgehead atoms. The maximum absolute atomic E-state index is 12.7. The Labute approximate surface area is 158 Å². The van der Waals surface area contributed by atoms with Crippen LogP contribution in [0, 0.1) is 0 Å². The number of thioether (sulfide) groups is 1. The van der Waals surface area contributed by atoms with Crippen molar-refractivity contribution in [2.75, 3.05) is 33.9 Å². The van der Waals surface area contributed by atoms with E-state index in [-0.39, 0.29) is 17.7 Å². The van der Waals surface area contributed by atoms with E-state index in [2.05, 4.69) is 5.32 Å². The Kier molecular flexibility index (Phi) is 5.93. The number of aromatic nitrogens is 1. The van der Waals surface area contributed by atoms with Gasteiger partial charge >= 0.3 is 0 Å². The van der Waals surface area contributed by atoms with Gasteiger partial charge in [0.05, 0.1) is 11.4 Å². The van der Waals surface area contributed by atoms with Crippen LogP contribution in [0.25, 0.3) is 0 Å². The molecular weight excluding hydrogens is 370 g/mol. The number of benzene rings is 1. The van der Waals surface area contributed by atoms with Crippen molar-refractivity contribution in [2.24, 2.45) is 0 Å². The predicted octanol–water partition coefficient (Wildman–Crippen LogP) is 2.96. The fraction of sp³-hybridized carbons (Fsp3) is 0.389. The standard InChI is InChI=1S/C18H23N3O3S2/c1-25-13-9-17(20-10-2-3-11-20)18(22)19-15-5-7-16(8-6-15)21-12-4-14-26(21,23)24/h2-3,5-8,10-11,17H,4,9,12-14H2,1H3,(H,19,22). The first kappa shape index (κ1) is 18.8. The number of rotatable bonds is 7. The van der Waals surface area contributed by atoms with E-state index in [1.165, 1.54) is 4.31 Å². The molecule has 26 heavy (non-hydrogen) atoms. The zero-order chi connectivity index (χ0) is 18.6. The van der Waals surface area contributed by atoms with Crippen LogP contribution in [0.15, 0.2) is 48.8 Å². The van der Waals surface area contributed by atoms with Gasteiger partial charge in [0.25, 0.3) is 0 Å². The Morgan fingerprint density at radius 3 is 2.50 bits per heavy atom. The number of hydrogen-bond acceptors (Lipinski definition) is 4. The van der Waals surface area contributed by atoms with E-state index in [9.17, 15) is 13.2 Å². The highest BCUT2D eigenvalue weighted by Gasteiger charge is 2.28. The number of anilines is 2. The summed E-state index contributed by atoms with van der Waals surface area (Å²) in [5.41, 5.74) is 1.31. The highest BCUT2D eigenvalue weighted by atomic mass is 32.2. The molecule has 1 fully saturated rings. The van der Waals surface area contributed by atoms with Crippen LogP contribution < -0.4 is 9.62 Å². The van der Waals surface area contributed by atoms with Crippen molar-refractivity contribution in [3.63, 3.8) is 0 Å². The first-order chi connectivity index (χ1) is 12.5. The van der Waals surface area contributed by atoms with Gasteiger partial charge in [0.1, 0.15) is 6.04 Å². The van der Waals surface area contributed by atoms with Gasteiger partial charge in [0.2, 0.25) is 15.9 Å². The Morgan fingerprint density at radius 1 is 1.23 bits per heavy atom. The van der Waals surface area contributed by atoms with Crippen LogP contribution in [0.5, 0.6) is 0 Å². The first-order valence-corrected chi connectivity index (χ1v) is 11.5. The first-order valence-electron chi connectivity index (χ1n) is 8.54. The number of hydrogen-bond donors (Lipinski definition) is 1. The van der Waals surface area contributed by atoms with Gasteiger partial charge in [0.15, 0.2) is 0 Å². The molecule has 1 aliphatic heterocycles. The normalized spacial score (nSPS) is 17.2. The third-order valence-corrected chi connectivity index (χ3v) is 6.92. The fourth-order valence-electron chi connectivity index (χ4n) is 3.07. The molecule has 0 saturated carbocycles. The highest BCUT2D eigenvalue weighted by Crippen LogP contribution is 2.26. The molecule has 140 valence electrons. The van der Waals surface area contributed by atoms with Crippen molar-refractivity contribution in [2.45, 2.75) is 18.9 Å². The van der Waals surface area contributed by atoms with E-state index >= 15 is 0 Å². The Hall–Kier alpha value is -1.93. The number of sulfonamides is 1. The van der Waals surface area contributed by atoms with Crippen LogP contribution in [0.3, 0.4) is 0 Å². The lowest BCUT2D eigenvalue weighted by Crippen LogP contribution is -2.26. The van der Waals surface area contributed by atoms with Gasteiger partial charge in [-0.3, -0.25) is 9.10 Å². The summed E-state index contributed by atoms with van der Waals surface area (Å²) in [6, 6.07) is 10.5. The number of carbonyl (C=O) groups excluding carboxylic acids is 1. The summed E-state index contributed by atoms with van der Waals surface area (Å²) in [5.74, 6) is 1.01. The van der Waals surface area contributed by atoms with E-state index in [1.54, 1.807) is 36.0 Å². The Morgan fingerprint density at radius 2 is 1.92 bits per heavy atom. The lowest BCUT2D eigenvalue weighted by Gasteiger charge is -2.19. The van der Waals surface area contributed by atoms with Crippen molar-refractivity contribution in [3.8, 4) is 0 Å². The fourth-order valence-corrected chi connectivity index (χ4v) is 5.09. The van der Waals surface area contributed by atoms with Crippen molar-refractivity contribution in [1.29, 1.82) is 0 Å². The minimum Gasteiger partial charge on any atom is -0.342 e. The molecule has 1 aliphatic rings. The highest BCUT2D eigenvalue weighted by molar-refractivity contribution is 7.98. The maximum Gasteiger partial charge on any atom is 0.247 e. The monoisotopic (exact) mass is 393 g/mol. The van der Waals surface area contributed by atoms with E-state index < -0.39 is 10.0 Å². The second kappa shape index (κ2) is 8.18. The topological polar surface area (TPSA) is 71.4 Å². The molecule has 8 heteroatoms. The molecule has 1 aromatic heterocycles. The van der Waals surface area contributed by atoms with Crippen LogP contribution >= 0.6 is 11.8 Å². The van der Waals surface area contributed by atoms with Gasteiger partial charge in [-0.05, 0) is 61.2 Å². The molecule has 2 aromatic rings. The average Bonchev–Trinajstić information content (AvgIpc) is 3.25. The van der Waals surface area contributed by atoms with Crippen molar-refractivity contribution in [1.82, 2.24) is 4.57 Å². The molecule has 0 spiro atoms. The lowest BCUT2D eigenvalue weighted by atomic mass is 10.2. The smallest absolute Gasteiger partial charge is 0.247 e. The summed E-state index contributed by atoms with van der Waals surface area (Å²) in [7, 11) is -3.19. The third-order valence-electron chi connectivity index (χ3n) is 4.41. The minimum absolute atomic E-state index is 0.0724. The van der Waals surface area contributed by atoms with E-state index in [0.29, 0.717) is 24.3 Å². The van der Waals surface area contributed by atoms with Gasteiger partial charge in [-0.15, -0.1) is 0 Å². The van der Waals surface area contributed by atoms with Crippen LogP contribution in [-0.4, -0.2) is 43.2 Å². The molecule has 1 aromatic carbocycles. The molecule has 1 N–H and O–H groups in total. The summed E-state index contributed by atoms with van der Waals surface area (Å²) in [4.78, 5) is 12.7. The lowest BCUT2D eigenvalue weighted by molar-refractivity contribution is -0.119. The van der Waals surface area contributed by atoms with Gasteiger partial charge in [-0.1, -0.05) is 0 Å². The number of nitrogens with one attached hydrogen (secondary N) is 1. The molecule has 2 heterocycles. The molecule has 1 unspecified atom stereocenters. The predicted molar refractivity (Wildman–Crippen MR) is 107 cm³/mol. The minimum atomic E-state index is -3.19. The summed E-state index contributed by atoms with van der Waals surface area (Å²) in [5, 5.41) is 2.94. The third kappa shape index (κ3) is 4.24. The Bertz CT molecular complexity index is 833. The van der Waals surface area contributed by atoms with E-state index in [0.717, 1.165) is 12.2 Å². The summed E-state index contributed by atoms with van der Waals surface area (Å²) in [6.07, 6.45) is 7.20. The molecule has 1 amide bonds. The molecule has 0 aliphatic carbocycles. The second-order valence-electron chi connectivity index (χ2n) is 6.21. The summed E-state index contributed by atoms with van der Waals surface area (Å²) >= 11 is 1.71. The van der Waals surface area contributed by atoms with Crippen molar-refractivity contribution in [3.05, 3.63) is 48.8 Å².